The van der Waals surface area contributed by atoms with Crippen molar-refractivity contribution in [3.05, 3.63) is 34.9 Å². The van der Waals surface area contributed by atoms with Crippen molar-refractivity contribution in [2.75, 3.05) is 19.4 Å². The summed E-state index contributed by atoms with van der Waals surface area (Å²) in [5.74, 6) is 1.67. The molecule has 0 aromatic heterocycles. The van der Waals surface area contributed by atoms with Gasteiger partial charge in [0.1, 0.15) is 6.04 Å². The Balaban J connectivity index is 2.25. The average Bonchev–Trinajstić information content (AvgIpc) is 2.41. The number of ether oxygens (including phenoxy) is 1. The van der Waals surface area contributed by atoms with E-state index in [2.05, 4.69) is 5.32 Å². The summed E-state index contributed by atoms with van der Waals surface area (Å²) < 4.78 is 5.00. The third-order valence-electron chi connectivity index (χ3n) is 2.65. The van der Waals surface area contributed by atoms with Gasteiger partial charge in [-0.2, -0.15) is 11.8 Å². The van der Waals surface area contributed by atoms with Crippen molar-refractivity contribution in [3.8, 4) is 0 Å². The minimum Gasteiger partial charge on any atom is -0.465 e. The number of thioether (sulfide) groups is 1. The number of likely N-dealkylation sites (N-methyl/N-ethyl adjacent to an activating group) is 1. The van der Waals surface area contributed by atoms with Crippen molar-refractivity contribution >= 4 is 29.3 Å². The maximum Gasteiger partial charge on any atom is 0.323 e. The molecule has 0 amide bonds. The first kappa shape index (κ1) is 16.3. The predicted molar refractivity (Wildman–Crippen MR) is 81.7 cm³/mol. The van der Waals surface area contributed by atoms with E-state index in [0.717, 1.165) is 22.9 Å². The highest BCUT2D eigenvalue weighted by molar-refractivity contribution is 7.98. The smallest absolute Gasteiger partial charge is 0.323 e. The second-order valence-electron chi connectivity index (χ2n) is 4.06. The molecule has 106 valence electrons. The highest BCUT2D eigenvalue weighted by Crippen LogP contribution is 2.16. The van der Waals surface area contributed by atoms with Crippen LogP contribution in [0, 0.1) is 0 Å². The van der Waals surface area contributed by atoms with E-state index >= 15 is 0 Å². The number of nitrogens with one attached hydrogen (secondary N) is 1. The highest BCUT2D eigenvalue weighted by Gasteiger charge is 2.16. The zero-order chi connectivity index (χ0) is 14.1. The van der Waals surface area contributed by atoms with Gasteiger partial charge in [-0.3, -0.25) is 4.79 Å². The first-order valence-electron chi connectivity index (χ1n) is 6.33. The molecule has 1 atom stereocenters. The van der Waals surface area contributed by atoms with Gasteiger partial charge >= 0.3 is 5.97 Å². The van der Waals surface area contributed by atoms with Crippen LogP contribution in [-0.2, 0) is 15.3 Å². The Labute approximate surface area is 124 Å². The summed E-state index contributed by atoms with van der Waals surface area (Å²) >= 11 is 7.63. The largest absolute Gasteiger partial charge is 0.465 e. The number of rotatable bonds is 8. The zero-order valence-electron chi connectivity index (χ0n) is 11.3. The normalized spacial score (nSPS) is 12.2. The number of carbonyl (C=O) groups excluding carboxylic acids is 1. The van der Waals surface area contributed by atoms with E-state index in [0.29, 0.717) is 6.61 Å². The number of esters is 1. The van der Waals surface area contributed by atoms with Crippen LogP contribution in [0.25, 0.3) is 0 Å². The molecule has 19 heavy (non-hydrogen) atoms. The number of carbonyl (C=O) groups is 1. The minimum atomic E-state index is -0.210. The summed E-state index contributed by atoms with van der Waals surface area (Å²) in [7, 11) is 1.78. The molecule has 0 spiro atoms. The van der Waals surface area contributed by atoms with E-state index in [1.54, 1.807) is 18.8 Å². The van der Waals surface area contributed by atoms with Gasteiger partial charge in [-0.15, -0.1) is 0 Å². The summed E-state index contributed by atoms with van der Waals surface area (Å²) in [5.41, 5.74) is 1.24. The second-order valence-corrected chi connectivity index (χ2v) is 5.60. The SMILES string of the molecule is CCOC(=O)C(CCSCc1ccc(Cl)cc1)NC. The summed E-state index contributed by atoms with van der Waals surface area (Å²) in [4.78, 5) is 11.6. The second kappa shape index (κ2) is 9.23. The quantitative estimate of drug-likeness (QED) is 0.591. The molecule has 0 radical (unpaired) electrons. The molecule has 0 saturated heterocycles. The summed E-state index contributed by atoms with van der Waals surface area (Å²) in [6.45, 7) is 2.24. The maximum absolute atomic E-state index is 11.6. The molecule has 1 unspecified atom stereocenters. The molecule has 0 aliphatic heterocycles. The number of hydrogen-bond donors (Lipinski definition) is 1. The van der Waals surface area contributed by atoms with E-state index in [-0.39, 0.29) is 12.0 Å². The van der Waals surface area contributed by atoms with Crippen LogP contribution >= 0.6 is 23.4 Å². The summed E-state index contributed by atoms with van der Waals surface area (Å²) in [6.07, 6.45) is 0.771. The van der Waals surface area contributed by atoms with Gasteiger partial charge in [0.05, 0.1) is 6.61 Å². The Morgan fingerprint density at radius 3 is 2.68 bits per heavy atom. The van der Waals surface area contributed by atoms with Crippen molar-refractivity contribution in [1.29, 1.82) is 0 Å². The zero-order valence-corrected chi connectivity index (χ0v) is 12.9. The van der Waals surface area contributed by atoms with Crippen LogP contribution in [-0.4, -0.2) is 31.4 Å². The number of hydrogen-bond acceptors (Lipinski definition) is 4. The monoisotopic (exact) mass is 301 g/mol. The molecule has 0 bridgehead atoms. The lowest BCUT2D eigenvalue weighted by atomic mass is 10.2. The van der Waals surface area contributed by atoms with E-state index in [1.807, 2.05) is 31.2 Å². The molecule has 0 heterocycles. The summed E-state index contributed by atoms with van der Waals surface area (Å²) in [5, 5.41) is 3.74. The fourth-order valence-corrected chi connectivity index (χ4v) is 2.70. The lowest BCUT2D eigenvalue weighted by Crippen LogP contribution is -2.36. The lowest BCUT2D eigenvalue weighted by molar-refractivity contribution is -0.145. The Morgan fingerprint density at radius 1 is 1.42 bits per heavy atom. The molecule has 5 heteroatoms. The molecule has 0 saturated carbocycles. The van der Waals surface area contributed by atoms with Gasteiger partial charge in [-0.25, -0.2) is 0 Å². The van der Waals surface area contributed by atoms with Crippen LogP contribution in [0.1, 0.15) is 18.9 Å². The first-order chi connectivity index (χ1) is 9.17. The Morgan fingerprint density at radius 2 is 2.11 bits per heavy atom. The van der Waals surface area contributed by atoms with E-state index in [1.165, 1.54) is 5.56 Å². The molecule has 1 rings (SSSR count). The molecule has 3 nitrogen and oxygen atoms in total. The van der Waals surface area contributed by atoms with Crippen LogP contribution in [0.4, 0.5) is 0 Å². The van der Waals surface area contributed by atoms with Gasteiger partial charge in [0.15, 0.2) is 0 Å². The number of benzene rings is 1. The third kappa shape index (κ3) is 6.32. The van der Waals surface area contributed by atoms with Crippen molar-refractivity contribution in [1.82, 2.24) is 5.32 Å². The van der Waals surface area contributed by atoms with Crippen molar-refractivity contribution in [3.63, 3.8) is 0 Å². The Hall–Kier alpha value is -0.710. The standard InChI is InChI=1S/C14H20ClNO2S/c1-3-18-14(17)13(16-2)8-9-19-10-11-4-6-12(15)7-5-11/h4-7,13,16H,3,8-10H2,1-2H3. The third-order valence-corrected chi connectivity index (χ3v) is 3.97. The van der Waals surface area contributed by atoms with Crippen LogP contribution in [0.2, 0.25) is 5.02 Å². The van der Waals surface area contributed by atoms with Gasteiger partial charge in [0, 0.05) is 10.8 Å². The lowest BCUT2D eigenvalue weighted by Gasteiger charge is -2.14. The fourth-order valence-electron chi connectivity index (χ4n) is 1.59. The maximum atomic E-state index is 11.6. The van der Waals surface area contributed by atoms with Gasteiger partial charge in [-0.1, -0.05) is 23.7 Å². The molecule has 0 aliphatic carbocycles. The summed E-state index contributed by atoms with van der Waals surface area (Å²) in [6, 6.07) is 7.63. The van der Waals surface area contributed by atoms with Gasteiger partial charge in [0.2, 0.25) is 0 Å². The molecule has 0 fully saturated rings. The fraction of sp³-hybridized carbons (Fsp3) is 0.500. The molecular weight excluding hydrogens is 282 g/mol. The van der Waals surface area contributed by atoms with Crippen LogP contribution in [0.15, 0.2) is 24.3 Å². The van der Waals surface area contributed by atoms with Gasteiger partial charge in [-0.05, 0) is 43.8 Å². The topological polar surface area (TPSA) is 38.3 Å². The van der Waals surface area contributed by atoms with E-state index in [9.17, 15) is 4.79 Å². The van der Waals surface area contributed by atoms with Crippen LogP contribution in [0.3, 0.4) is 0 Å². The van der Waals surface area contributed by atoms with E-state index in [4.69, 9.17) is 16.3 Å². The van der Waals surface area contributed by atoms with Crippen LogP contribution < -0.4 is 5.32 Å². The Kier molecular flexibility index (Phi) is 7.94. The molecule has 0 aliphatic rings. The van der Waals surface area contributed by atoms with Crippen molar-refractivity contribution < 1.29 is 9.53 Å². The highest BCUT2D eigenvalue weighted by atomic mass is 35.5. The molecule has 1 aromatic rings. The van der Waals surface area contributed by atoms with Crippen LogP contribution in [0.5, 0.6) is 0 Å². The molecular formula is C14H20ClNO2S. The Bertz CT molecular complexity index is 384. The van der Waals surface area contributed by atoms with Crippen molar-refractivity contribution in [2.45, 2.75) is 25.1 Å². The average molecular weight is 302 g/mol. The van der Waals surface area contributed by atoms with E-state index < -0.39 is 0 Å². The minimum absolute atomic E-state index is 0.169. The molecule has 1 N–H and O–H groups in total. The van der Waals surface area contributed by atoms with Gasteiger partial charge < -0.3 is 10.1 Å². The number of halogens is 1. The molecule has 1 aromatic carbocycles. The first-order valence-corrected chi connectivity index (χ1v) is 7.86. The van der Waals surface area contributed by atoms with Crippen molar-refractivity contribution in [2.24, 2.45) is 0 Å². The predicted octanol–water partition coefficient (Wildman–Crippen LogP) is 3.11. The van der Waals surface area contributed by atoms with Gasteiger partial charge in [0.25, 0.3) is 0 Å².